The number of phenols is 1. The zero-order valence-corrected chi connectivity index (χ0v) is 16.4. The van der Waals surface area contributed by atoms with Gasteiger partial charge in [-0.3, -0.25) is 4.79 Å². The maximum Gasteiger partial charge on any atom is 0.307 e. The summed E-state index contributed by atoms with van der Waals surface area (Å²) >= 11 is 6.04. The number of carboxylic acids is 1. The number of hydrogen-bond donors (Lipinski definition) is 2. The number of carbonyl (C=O) groups is 1. The summed E-state index contributed by atoms with van der Waals surface area (Å²) in [5, 5.41) is 29.9. The molecule has 0 aliphatic heterocycles. The molecule has 1 heterocycles. The van der Waals surface area contributed by atoms with Crippen molar-refractivity contribution in [3.63, 3.8) is 0 Å². The normalized spacial score (nSPS) is 16.4. The number of rotatable bonds is 4. The summed E-state index contributed by atoms with van der Waals surface area (Å²) in [6.07, 6.45) is 5.17. The number of aliphatic carboxylic acids is 1. The second kappa shape index (κ2) is 7.09. The molecule has 1 saturated carbocycles. The third kappa shape index (κ3) is 3.44. The van der Waals surface area contributed by atoms with E-state index in [9.17, 15) is 15.0 Å². The highest BCUT2D eigenvalue weighted by atomic mass is 35.5. The molecule has 0 bridgehead atoms. The van der Waals surface area contributed by atoms with E-state index in [2.05, 4.69) is 17.1 Å². The molecule has 4 rings (SSSR count). The largest absolute Gasteiger partial charge is 0.505 e. The third-order valence-corrected chi connectivity index (χ3v) is 5.91. The highest BCUT2D eigenvalue weighted by Crippen LogP contribution is 2.45. The summed E-state index contributed by atoms with van der Waals surface area (Å²) < 4.78 is 0. The smallest absolute Gasteiger partial charge is 0.307 e. The van der Waals surface area contributed by atoms with E-state index in [4.69, 9.17) is 11.6 Å². The number of aromatic nitrogens is 3. The van der Waals surface area contributed by atoms with Crippen molar-refractivity contribution in [2.45, 2.75) is 50.9 Å². The van der Waals surface area contributed by atoms with Crippen LogP contribution in [0.15, 0.2) is 30.3 Å². The maximum atomic E-state index is 11.3. The van der Waals surface area contributed by atoms with Crippen molar-refractivity contribution >= 4 is 28.6 Å². The fourth-order valence-corrected chi connectivity index (χ4v) is 4.33. The summed E-state index contributed by atoms with van der Waals surface area (Å²) in [7, 11) is 0. The number of fused-ring (bicyclic) bond motifs is 1. The summed E-state index contributed by atoms with van der Waals surface area (Å²) in [5.74, 6) is -0.799. The Morgan fingerprint density at radius 1 is 1.14 bits per heavy atom. The number of aromatic hydroxyl groups is 1. The van der Waals surface area contributed by atoms with Gasteiger partial charge in [0.1, 0.15) is 22.5 Å². The monoisotopic (exact) mass is 399 g/mol. The molecule has 1 aromatic heterocycles. The van der Waals surface area contributed by atoms with E-state index in [-0.39, 0.29) is 17.6 Å². The van der Waals surface area contributed by atoms with Crippen LogP contribution in [0, 0.1) is 0 Å². The molecule has 1 aliphatic carbocycles. The molecule has 2 N–H and O–H groups in total. The Kier molecular flexibility index (Phi) is 4.75. The van der Waals surface area contributed by atoms with E-state index in [1.54, 1.807) is 24.3 Å². The number of benzene rings is 2. The Hall–Kier alpha value is -2.60. The molecule has 146 valence electrons. The molecule has 7 heteroatoms. The first kappa shape index (κ1) is 18.7. The average molecular weight is 400 g/mol. The van der Waals surface area contributed by atoms with E-state index in [0.717, 1.165) is 31.2 Å². The van der Waals surface area contributed by atoms with Crippen molar-refractivity contribution in [3.8, 4) is 11.4 Å². The molecule has 0 radical (unpaired) electrons. The van der Waals surface area contributed by atoms with Crippen LogP contribution in [0.5, 0.6) is 5.75 Å². The maximum absolute atomic E-state index is 11.3. The molecule has 2 aromatic carbocycles. The van der Waals surface area contributed by atoms with Crippen LogP contribution >= 0.6 is 11.6 Å². The van der Waals surface area contributed by atoms with E-state index in [0.29, 0.717) is 27.3 Å². The molecule has 6 nitrogen and oxygen atoms in total. The van der Waals surface area contributed by atoms with Crippen molar-refractivity contribution in [2.24, 2.45) is 0 Å². The van der Waals surface area contributed by atoms with Crippen molar-refractivity contribution in [2.75, 3.05) is 0 Å². The second-order valence-electron chi connectivity index (χ2n) is 7.83. The van der Waals surface area contributed by atoms with Crippen LogP contribution in [0.4, 0.5) is 0 Å². The van der Waals surface area contributed by atoms with Gasteiger partial charge in [0.25, 0.3) is 0 Å². The van der Waals surface area contributed by atoms with E-state index >= 15 is 0 Å². The standard InChI is InChI=1S/C21H22ClN3O3/c1-21(7-3-2-4-8-21)15-9-13(11-19(26)27)10-18(20(15)28)25-23-16-6-5-14(22)12-17(16)24-25/h5-6,9-10,12,28H,2-4,7-8,11H2,1H3,(H,26,27). The molecule has 1 fully saturated rings. The van der Waals surface area contributed by atoms with Crippen molar-refractivity contribution < 1.29 is 15.0 Å². The fourth-order valence-electron chi connectivity index (χ4n) is 4.16. The first-order valence-electron chi connectivity index (χ1n) is 9.47. The van der Waals surface area contributed by atoms with Gasteiger partial charge < -0.3 is 10.2 Å². The van der Waals surface area contributed by atoms with Crippen LogP contribution in [-0.2, 0) is 16.6 Å². The second-order valence-corrected chi connectivity index (χ2v) is 8.26. The zero-order valence-electron chi connectivity index (χ0n) is 15.7. The van der Waals surface area contributed by atoms with Gasteiger partial charge in [-0.25, -0.2) is 0 Å². The van der Waals surface area contributed by atoms with Gasteiger partial charge in [-0.15, -0.1) is 15.0 Å². The topological polar surface area (TPSA) is 88.2 Å². The number of nitrogens with zero attached hydrogens (tertiary/aromatic N) is 3. The van der Waals surface area contributed by atoms with E-state index in [1.165, 1.54) is 11.2 Å². The van der Waals surface area contributed by atoms with Gasteiger partial charge in [-0.1, -0.05) is 43.9 Å². The van der Waals surface area contributed by atoms with Crippen LogP contribution in [0.25, 0.3) is 16.7 Å². The molecule has 0 amide bonds. The quantitative estimate of drug-likeness (QED) is 0.667. The number of halogens is 1. The minimum absolute atomic E-state index is 0.116. The highest BCUT2D eigenvalue weighted by Gasteiger charge is 2.33. The van der Waals surface area contributed by atoms with E-state index in [1.807, 2.05) is 6.07 Å². The molecule has 0 atom stereocenters. The van der Waals surface area contributed by atoms with E-state index < -0.39 is 5.97 Å². The molecule has 0 saturated heterocycles. The summed E-state index contributed by atoms with van der Waals surface area (Å²) in [6, 6.07) is 8.70. The lowest BCUT2D eigenvalue weighted by Crippen LogP contribution is -2.26. The van der Waals surface area contributed by atoms with Gasteiger partial charge in [0, 0.05) is 10.6 Å². The number of hydrogen-bond acceptors (Lipinski definition) is 4. The molecule has 1 aliphatic rings. The third-order valence-electron chi connectivity index (χ3n) is 5.67. The van der Waals surface area contributed by atoms with Crippen molar-refractivity contribution in [1.29, 1.82) is 0 Å². The fraction of sp³-hybridized carbons (Fsp3) is 0.381. The van der Waals surface area contributed by atoms with Crippen LogP contribution in [0.2, 0.25) is 5.02 Å². The van der Waals surface area contributed by atoms with Gasteiger partial charge in [0.15, 0.2) is 0 Å². The molecule has 0 spiro atoms. The average Bonchev–Trinajstić information content (AvgIpc) is 3.06. The predicted molar refractivity (Wildman–Crippen MR) is 107 cm³/mol. The molecule has 0 unspecified atom stereocenters. The van der Waals surface area contributed by atoms with Gasteiger partial charge >= 0.3 is 5.97 Å². The lowest BCUT2D eigenvalue weighted by Gasteiger charge is -2.35. The molecule has 3 aromatic rings. The first-order valence-corrected chi connectivity index (χ1v) is 9.85. The lowest BCUT2D eigenvalue weighted by molar-refractivity contribution is -0.136. The minimum atomic E-state index is -0.915. The molecule has 28 heavy (non-hydrogen) atoms. The Morgan fingerprint density at radius 2 is 1.86 bits per heavy atom. The van der Waals surface area contributed by atoms with Gasteiger partial charge in [0.2, 0.25) is 0 Å². The van der Waals surface area contributed by atoms with Crippen molar-refractivity contribution in [1.82, 2.24) is 15.0 Å². The SMILES string of the molecule is CC1(c2cc(CC(=O)O)cc(-n3nc4ccc(Cl)cc4n3)c2O)CCCCC1. The Balaban J connectivity index is 1.89. The minimum Gasteiger partial charge on any atom is -0.505 e. The van der Waals surface area contributed by atoms with Gasteiger partial charge in [-0.2, -0.15) is 0 Å². The van der Waals surface area contributed by atoms with Gasteiger partial charge in [-0.05, 0) is 48.1 Å². The van der Waals surface area contributed by atoms with Crippen LogP contribution in [0.3, 0.4) is 0 Å². The lowest BCUT2D eigenvalue weighted by atomic mass is 9.70. The van der Waals surface area contributed by atoms with Crippen LogP contribution in [-0.4, -0.2) is 31.2 Å². The summed E-state index contributed by atoms with van der Waals surface area (Å²) in [5.41, 5.74) is 2.87. The predicted octanol–water partition coefficient (Wildman–Crippen LogP) is 4.63. The van der Waals surface area contributed by atoms with Crippen molar-refractivity contribution in [3.05, 3.63) is 46.5 Å². The molecular weight excluding hydrogens is 378 g/mol. The summed E-state index contributed by atoms with van der Waals surface area (Å²) in [6.45, 7) is 2.14. The highest BCUT2D eigenvalue weighted by molar-refractivity contribution is 6.31. The zero-order chi connectivity index (χ0) is 19.9. The number of carboxylic acid groups (broad SMARTS) is 1. The Morgan fingerprint density at radius 3 is 2.57 bits per heavy atom. The number of phenolic OH excluding ortho intramolecular Hbond substituents is 1. The van der Waals surface area contributed by atoms with Crippen LogP contribution in [0.1, 0.15) is 50.2 Å². The Bertz CT molecular complexity index is 1050. The Labute approximate surface area is 167 Å². The first-order chi connectivity index (χ1) is 13.4. The van der Waals surface area contributed by atoms with Gasteiger partial charge in [0.05, 0.1) is 6.42 Å². The summed E-state index contributed by atoms with van der Waals surface area (Å²) in [4.78, 5) is 12.7. The molecular formula is C21H22ClN3O3. The van der Waals surface area contributed by atoms with Crippen LogP contribution < -0.4 is 0 Å².